The fraction of sp³-hybridized carbons (Fsp3) is 1.00. The molecule has 0 spiro atoms. The van der Waals surface area contributed by atoms with Crippen molar-refractivity contribution in [1.29, 1.82) is 0 Å². The molecule has 0 aromatic rings. The van der Waals surface area contributed by atoms with Crippen molar-refractivity contribution in [2.45, 2.75) is 67.5 Å². The minimum Gasteiger partial charge on any atom is -0.394 e. The highest BCUT2D eigenvalue weighted by Gasteiger charge is 2.48. The van der Waals surface area contributed by atoms with Gasteiger partial charge in [-0.2, -0.15) is 0 Å². The summed E-state index contributed by atoms with van der Waals surface area (Å²) in [4.78, 5) is 0. The number of hydrogen-bond donors (Lipinski definition) is 8. The average Bonchev–Trinajstić information content (AvgIpc) is 2.55. The van der Waals surface area contributed by atoms with Crippen molar-refractivity contribution < 1.29 is 50.3 Å². The second-order valence-electron chi connectivity index (χ2n) is 5.97. The maximum Gasteiger partial charge on any atom is 0.111 e. The number of hydrogen-bond acceptors (Lipinski definition) is 10. The van der Waals surface area contributed by atoms with Crippen molar-refractivity contribution in [3.63, 3.8) is 0 Å². The fourth-order valence-electron chi connectivity index (χ4n) is 2.98. The first-order chi connectivity index (χ1) is 10.8. The Morgan fingerprint density at radius 2 is 0.783 bits per heavy atom. The smallest absolute Gasteiger partial charge is 0.111 e. The van der Waals surface area contributed by atoms with E-state index in [4.69, 9.17) is 19.7 Å². The molecule has 0 aromatic heterocycles. The third-order valence-corrected chi connectivity index (χ3v) is 4.45. The van der Waals surface area contributed by atoms with E-state index >= 15 is 0 Å². The number of ether oxygens (including phenoxy) is 2. The lowest BCUT2D eigenvalue weighted by molar-refractivity contribution is -0.262. The second kappa shape index (κ2) is 7.66. The van der Waals surface area contributed by atoms with Gasteiger partial charge in [-0.15, -0.1) is 0 Å². The molecule has 2 rings (SSSR count). The minimum atomic E-state index is -1.56. The SMILES string of the molecule is OCC1OC(CC2OC(CO)C(O)C(O)C2O)C(O)C(O)C1O. The topological polar surface area (TPSA) is 180 Å². The van der Waals surface area contributed by atoms with Crippen LogP contribution in [0, 0.1) is 0 Å². The lowest BCUT2D eigenvalue weighted by atomic mass is 9.87. The zero-order valence-electron chi connectivity index (χ0n) is 12.3. The van der Waals surface area contributed by atoms with Gasteiger partial charge in [0.25, 0.3) is 0 Å². The largest absolute Gasteiger partial charge is 0.394 e. The van der Waals surface area contributed by atoms with Crippen LogP contribution in [0.15, 0.2) is 0 Å². The molecular formula is C13H24O10. The summed E-state index contributed by atoms with van der Waals surface area (Å²) >= 11 is 0. The molecule has 10 unspecified atom stereocenters. The van der Waals surface area contributed by atoms with Crippen molar-refractivity contribution in [3.05, 3.63) is 0 Å². The van der Waals surface area contributed by atoms with Gasteiger partial charge in [0, 0.05) is 6.42 Å². The van der Waals surface area contributed by atoms with Crippen LogP contribution in [0.1, 0.15) is 6.42 Å². The standard InChI is InChI=1S/C13H24O10/c14-2-6-10(18)12(20)8(16)4(22-6)1-5-9(17)13(21)11(19)7(3-15)23-5/h4-21H,1-3H2. The first kappa shape index (κ1) is 18.9. The van der Waals surface area contributed by atoms with Crippen LogP contribution in [-0.4, -0.2) is 115 Å². The Labute approximate surface area is 132 Å². The molecule has 0 aliphatic carbocycles. The second-order valence-corrected chi connectivity index (χ2v) is 5.97. The molecule has 10 nitrogen and oxygen atoms in total. The van der Waals surface area contributed by atoms with Crippen LogP contribution in [0.3, 0.4) is 0 Å². The summed E-state index contributed by atoms with van der Waals surface area (Å²) in [5.41, 5.74) is 0. The van der Waals surface area contributed by atoms with Gasteiger partial charge in [-0.25, -0.2) is 0 Å². The van der Waals surface area contributed by atoms with Crippen LogP contribution < -0.4 is 0 Å². The zero-order chi connectivity index (χ0) is 17.3. The Hall–Kier alpha value is -0.400. The lowest BCUT2D eigenvalue weighted by Gasteiger charge is -2.44. The van der Waals surface area contributed by atoms with Gasteiger partial charge in [-0.3, -0.25) is 0 Å². The summed E-state index contributed by atoms with van der Waals surface area (Å²) in [6.07, 6.45) is -13.7. The van der Waals surface area contributed by atoms with Crippen molar-refractivity contribution >= 4 is 0 Å². The molecular weight excluding hydrogens is 316 g/mol. The first-order valence-electron chi connectivity index (χ1n) is 7.42. The monoisotopic (exact) mass is 340 g/mol. The first-order valence-corrected chi connectivity index (χ1v) is 7.42. The molecule has 2 fully saturated rings. The molecule has 0 bridgehead atoms. The Morgan fingerprint density at radius 1 is 0.478 bits per heavy atom. The molecule has 23 heavy (non-hydrogen) atoms. The van der Waals surface area contributed by atoms with Crippen LogP contribution in [0.2, 0.25) is 0 Å². The maximum absolute atomic E-state index is 9.96. The fourth-order valence-corrected chi connectivity index (χ4v) is 2.98. The van der Waals surface area contributed by atoms with E-state index in [2.05, 4.69) is 0 Å². The lowest BCUT2D eigenvalue weighted by Crippen LogP contribution is -2.62. The molecule has 0 radical (unpaired) electrons. The minimum absolute atomic E-state index is 0.192. The van der Waals surface area contributed by atoms with Gasteiger partial charge in [-0.1, -0.05) is 0 Å². The maximum atomic E-state index is 9.96. The number of aliphatic hydroxyl groups is 8. The number of aliphatic hydroxyl groups excluding tert-OH is 8. The summed E-state index contributed by atoms with van der Waals surface area (Å²) in [5, 5.41) is 77.1. The molecule has 2 heterocycles. The Bertz CT molecular complexity index is 344. The normalized spacial score (nSPS) is 51.7. The van der Waals surface area contributed by atoms with Crippen LogP contribution in [0.5, 0.6) is 0 Å². The molecule has 2 aliphatic heterocycles. The highest BCUT2D eigenvalue weighted by atomic mass is 16.6. The van der Waals surface area contributed by atoms with Gasteiger partial charge >= 0.3 is 0 Å². The van der Waals surface area contributed by atoms with Crippen molar-refractivity contribution in [1.82, 2.24) is 0 Å². The van der Waals surface area contributed by atoms with Gasteiger partial charge in [0.15, 0.2) is 0 Å². The van der Waals surface area contributed by atoms with E-state index in [0.717, 1.165) is 0 Å². The summed E-state index contributed by atoms with van der Waals surface area (Å²) < 4.78 is 10.6. The third kappa shape index (κ3) is 3.66. The molecule has 136 valence electrons. The third-order valence-electron chi connectivity index (χ3n) is 4.45. The van der Waals surface area contributed by atoms with E-state index in [-0.39, 0.29) is 6.42 Å². The number of rotatable bonds is 4. The molecule has 0 saturated carbocycles. The van der Waals surface area contributed by atoms with Crippen LogP contribution in [-0.2, 0) is 9.47 Å². The van der Waals surface area contributed by atoms with Gasteiger partial charge in [0.1, 0.15) is 48.8 Å². The van der Waals surface area contributed by atoms with Gasteiger partial charge < -0.3 is 50.3 Å². The van der Waals surface area contributed by atoms with Crippen LogP contribution in [0.4, 0.5) is 0 Å². The highest BCUT2D eigenvalue weighted by Crippen LogP contribution is 2.29. The van der Waals surface area contributed by atoms with Gasteiger partial charge in [0.2, 0.25) is 0 Å². The van der Waals surface area contributed by atoms with E-state index in [9.17, 15) is 30.6 Å². The summed E-state index contributed by atoms with van der Waals surface area (Å²) in [6, 6.07) is 0. The van der Waals surface area contributed by atoms with E-state index in [1.54, 1.807) is 0 Å². The molecule has 0 aromatic carbocycles. The predicted octanol–water partition coefficient (Wildman–Crippen LogP) is -4.94. The van der Waals surface area contributed by atoms with E-state index in [1.807, 2.05) is 0 Å². The van der Waals surface area contributed by atoms with E-state index in [0.29, 0.717) is 0 Å². The Kier molecular flexibility index (Phi) is 6.30. The Balaban J connectivity index is 2.07. The summed E-state index contributed by atoms with van der Waals surface area (Å²) in [6.45, 7) is -1.17. The molecule has 2 saturated heterocycles. The van der Waals surface area contributed by atoms with Crippen molar-refractivity contribution in [2.24, 2.45) is 0 Å². The zero-order valence-corrected chi connectivity index (χ0v) is 12.3. The molecule has 0 amide bonds. The summed E-state index contributed by atoms with van der Waals surface area (Å²) in [5.74, 6) is 0. The van der Waals surface area contributed by atoms with Crippen LogP contribution >= 0.6 is 0 Å². The highest BCUT2D eigenvalue weighted by molar-refractivity contribution is 4.97. The molecule has 8 N–H and O–H groups in total. The van der Waals surface area contributed by atoms with Gasteiger partial charge in [-0.05, 0) is 0 Å². The van der Waals surface area contributed by atoms with Crippen molar-refractivity contribution in [3.8, 4) is 0 Å². The Morgan fingerprint density at radius 3 is 1.09 bits per heavy atom. The predicted molar refractivity (Wildman–Crippen MR) is 72.2 cm³/mol. The van der Waals surface area contributed by atoms with E-state index < -0.39 is 74.3 Å². The van der Waals surface area contributed by atoms with E-state index in [1.165, 1.54) is 0 Å². The van der Waals surface area contributed by atoms with Gasteiger partial charge in [0.05, 0.1) is 25.4 Å². The molecule has 2 aliphatic rings. The molecule has 10 atom stereocenters. The van der Waals surface area contributed by atoms with Crippen LogP contribution in [0.25, 0.3) is 0 Å². The summed E-state index contributed by atoms with van der Waals surface area (Å²) in [7, 11) is 0. The average molecular weight is 340 g/mol. The molecule has 10 heteroatoms. The quantitative estimate of drug-likeness (QED) is 0.247. The van der Waals surface area contributed by atoms with Crippen molar-refractivity contribution in [2.75, 3.05) is 13.2 Å².